The van der Waals surface area contributed by atoms with E-state index in [1.807, 2.05) is 24.3 Å². The number of likely N-dealkylation sites (tertiary alicyclic amines) is 1. The van der Waals surface area contributed by atoms with Crippen LogP contribution in [0.25, 0.3) is 0 Å². The van der Waals surface area contributed by atoms with Crippen molar-refractivity contribution in [1.29, 1.82) is 0 Å². The monoisotopic (exact) mass is 427 g/mol. The molecular weight excluding hydrogens is 390 g/mol. The number of carbonyl (C=O) groups excluding carboxylic acids is 2. The number of rotatable bonds is 8. The molecule has 2 heterocycles. The van der Waals surface area contributed by atoms with E-state index in [1.165, 1.54) is 5.56 Å². The predicted molar refractivity (Wildman–Crippen MR) is 121 cm³/mol. The molecule has 4 rings (SSSR count). The van der Waals surface area contributed by atoms with Gasteiger partial charge >= 0.3 is 0 Å². The molecule has 0 aromatic heterocycles. The summed E-state index contributed by atoms with van der Waals surface area (Å²) in [4.78, 5) is 29.8. The van der Waals surface area contributed by atoms with Crippen LogP contribution in [-0.4, -0.2) is 73.1 Å². The molecule has 3 fully saturated rings. The van der Waals surface area contributed by atoms with E-state index in [0.29, 0.717) is 31.0 Å². The summed E-state index contributed by atoms with van der Waals surface area (Å²) in [6, 6.07) is 9.01. The van der Waals surface area contributed by atoms with Crippen molar-refractivity contribution in [3.8, 4) is 0 Å². The molecule has 1 unspecified atom stereocenters. The fourth-order valence-electron chi connectivity index (χ4n) is 4.97. The molecule has 2 amide bonds. The summed E-state index contributed by atoms with van der Waals surface area (Å²) < 4.78 is 5.59. The topological polar surface area (TPSA) is 61.9 Å². The van der Waals surface area contributed by atoms with Gasteiger partial charge in [-0.25, -0.2) is 0 Å². The number of piperidine rings is 1. The first-order valence-electron chi connectivity index (χ1n) is 12.0. The molecule has 6 nitrogen and oxygen atoms in total. The SMILES string of the molecule is Cc1ccc(CC(=O)NCCN(C2CCOCC2)C2CCCN(C(=O)C3CC3)C2)cc1. The average Bonchev–Trinajstić information content (AvgIpc) is 3.64. The summed E-state index contributed by atoms with van der Waals surface area (Å²) >= 11 is 0. The van der Waals surface area contributed by atoms with Crippen molar-refractivity contribution >= 4 is 11.8 Å². The molecule has 2 saturated heterocycles. The van der Waals surface area contributed by atoms with Crippen molar-refractivity contribution in [1.82, 2.24) is 15.1 Å². The van der Waals surface area contributed by atoms with Crippen LogP contribution in [0.15, 0.2) is 24.3 Å². The second-order valence-electron chi connectivity index (χ2n) is 9.45. The summed E-state index contributed by atoms with van der Waals surface area (Å²) in [5.74, 6) is 0.726. The van der Waals surface area contributed by atoms with Crippen LogP contribution >= 0.6 is 0 Å². The lowest BCUT2D eigenvalue weighted by Gasteiger charge is -2.44. The van der Waals surface area contributed by atoms with Gasteiger partial charge in [0.15, 0.2) is 0 Å². The largest absolute Gasteiger partial charge is 0.381 e. The second-order valence-corrected chi connectivity index (χ2v) is 9.45. The number of aryl methyl sites for hydroxylation is 1. The summed E-state index contributed by atoms with van der Waals surface area (Å²) in [5.41, 5.74) is 2.25. The van der Waals surface area contributed by atoms with Crippen LogP contribution < -0.4 is 5.32 Å². The van der Waals surface area contributed by atoms with Crippen molar-refractivity contribution in [3.63, 3.8) is 0 Å². The van der Waals surface area contributed by atoms with Gasteiger partial charge in [0.2, 0.25) is 11.8 Å². The smallest absolute Gasteiger partial charge is 0.225 e. The molecular formula is C25H37N3O3. The third-order valence-corrected chi connectivity index (χ3v) is 6.94. The van der Waals surface area contributed by atoms with E-state index >= 15 is 0 Å². The van der Waals surface area contributed by atoms with Gasteiger partial charge in [-0.15, -0.1) is 0 Å². The number of ether oxygens (including phenoxy) is 1. The molecule has 1 N–H and O–H groups in total. The van der Waals surface area contributed by atoms with Crippen LogP contribution in [0.1, 0.15) is 49.7 Å². The number of nitrogens with one attached hydrogen (secondary N) is 1. The Morgan fingerprint density at radius 1 is 1.06 bits per heavy atom. The minimum atomic E-state index is 0.0740. The van der Waals surface area contributed by atoms with Crippen LogP contribution in [0, 0.1) is 12.8 Å². The quantitative estimate of drug-likeness (QED) is 0.693. The Balaban J connectivity index is 1.32. The molecule has 3 aliphatic rings. The average molecular weight is 428 g/mol. The minimum Gasteiger partial charge on any atom is -0.381 e. The van der Waals surface area contributed by atoms with Crippen LogP contribution in [0.2, 0.25) is 0 Å². The van der Waals surface area contributed by atoms with E-state index in [9.17, 15) is 9.59 Å². The molecule has 0 spiro atoms. The lowest BCUT2D eigenvalue weighted by Crippen LogP contribution is -2.55. The van der Waals surface area contributed by atoms with Crippen molar-refractivity contribution in [3.05, 3.63) is 35.4 Å². The summed E-state index contributed by atoms with van der Waals surface area (Å²) in [6.45, 7) is 6.89. The highest BCUT2D eigenvalue weighted by atomic mass is 16.5. The molecule has 1 aliphatic carbocycles. The fraction of sp³-hybridized carbons (Fsp3) is 0.680. The van der Waals surface area contributed by atoms with Crippen LogP contribution in [0.4, 0.5) is 0 Å². The van der Waals surface area contributed by atoms with Gasteiger partial charge in [0, 0.05) is 57.4 Å². The number of amides is 2. The van der Waals surface area contributed by atoms with Gasteiger partial charge in [-0.3, -0.25) is 14.5 Å². The summed E-state index contributed by atoms with van der Waals surface area (Å²) in [6.07, 6.45) is 6.82. The molecule has 0 bridgehead atoms. The molecule has 1 aromatic carbocycles. The number of hydrogen-bond donors (Lipinski definition) is 1. The first-order valence-corrected chi connectivity index (χ1v) is 12.0. The van der Waals surface area contributed by atoms with E-state index in [1.54, 1.807) is 0 Å². The van der Waals surface area contributed by atoms with Gasteiger partial charge in [-0.1, -0.05) is 29.8 Å². The van der Waals surface area contributed by atoms with Gasteiger partial charge in [0.05, 0.1) is 6.42 Å². The van der Waals surface area contributed by atoms with Crippen LogP contribution in [0.3, 0.4) is 0 Å². The zero-order chi connectivity index (χ0) is 21.6. The molecule has 1 saturated carbocycles. The van der Waals surface area contributed by atoms with Gasteiger partial charge in [0.1, 0.15) is 0 Å². The zero-order valence-corrected chi connectivity index (χ0v) is 18.9. The Hall–Kier alpha value is -1.92. The highest BCUT2D eigenvalue weighted by Gasteiger charge is 2.37. The normalized spacial score (nSPS) is 22.5. The summed E-state index contributed by atoms with van der Waals surface area (Å²) in [5, 5.41) is 3.12. The Kier molecular flexibility index (Phi) is 7.62. The molecule has 170 valence electrons. The maximum absolute atomic E-state index is 12.6. The van der Waals surface area contributed by atoms with Crippen molar-refractivity contribution < 1.29 is 14.3 Å². The van der Waals surface area contributed by atoms with E-state index in [0.717, 1.165) is 76.9 Å². The Bertz CT molecular complexity index is 741. The van der Waals surface area contributed by atoms with Crippen molar-refractivity contribution in [2.75, 3.05) is 39.4 Å². The van der Waals surface area contributed by atoms with Crippen LogP contribution in [-0.2, 0) is 20.7 Å². The third-order valence-electron chi connectivity index (χ3n) is 6.94. The van der Waals surface area contributed by atoms with Gasteiger partial charge in [-0.05, 0) is 51.0 Å². The number of hydrogen-bond acceptors (Lipinski definition) is 4. The first kappa shape index (κ1) is 22.3. The Morgan fingerprint density at radius 2 is 1.81 bits per heavy atom. The molecule has 2 aliphatic heterocycles. The highest BCUT2D eigenvalue weighted by Crippen LogP contribution is 2.32. The maximum atomic E-state index is 12.6. The molecule has 6 heteroatoms. The van der Waals surface area contributed by atoms with E-state index < -0.39 is 0 Å². The van der Waals surface area contributed by atoms with Gasteiger partial charge in [-0.2, -0.15) is 0 Å². The highest BCUT2D eigenvalue weighted by molar-refractivity contribution is 5.81. The van der Waals surface area contributed by atoms with Gasteiger partial charge in [0.25, 0.3) is 0 Å². The van der Waals surface area contributed by atoms with Crippen LogP contribution in [0.5, 0.6) is 0 Å². The number of nitrogens with zero attached hydrogens (tertiary/aromatic N) is 2. The molecule has 1 aromatic rings. The lowest BCUT2D eigenvalue weighted by atomic mass is 9.98. The fourth-order valence-corrected chi connectivity index (χ4v) is 4.97. The van der Waals surface area contributed by atoms with E-state index in [-0.39, 0.29) is 11.8 Å². The van der Waals surface area contributed by atoms with E-state index in [2.05, 4.69) is 22.0 Å². The standard InChI is InChI=1S/C25H37N3O3/c1-19-4-6-20(7-5-19)17-24(29)26-12-14-28(22-10-15-31-16-11-22)23-3-2-13-27(18-23)25(30)21-8-9-21/h4-7,21-23H,2-3,8-18H2,1H3,(H,26,29). The second kappa shape index (κ2) is 10.6. The van der Waals surface area contributed by atoms with E-state index in [4.69, 9.17) is 4.74 Å². The van der Waals surface area contributed by atoms with Crippen molar-refractivity contribution in [2.24, 2.45) is 5.92 Å². The number of benzene rings is 1. The zero-order valence-electron chi connectivity index (χ0n) is 18.9. The predicted octanol–water partition coefficient (Wildman–Crippen LogP) is 2.54. The molecule has 0 radical (unpaired) electrons. The first-order chi connectivity index (χ1) is 15.1. The molecule has 1 atom stereocenters. The third kappa shape index (κ3) is 6.30. The molecule has 31 heavy (non-hydrogen) atoms. The Morgan fingerprint density at radius 3 is 2.52 bits per heavy atom. The van der Waals surface area contributed by atoms with Gasteiger partial charge < -0.3 is 15.0 Å². The number of carbonyl (C=O) groups is 2. The minimum absolute atomic E-state index is 0.0740. The maximum Gasteiger partial charge on any atom is 0.225 e. The summed E-state index contributed by atoms with van der Waals surface area (Å²) in [7, 11) is 0. The van der Waals surface area contributed by atoms with Crippen molar-refractivity contribution in [2.45, 2.75) is 64.0 Å². The Labute approximate surface area is 186 Å². The lowest BCUT2D eigenvalue weighted by molar-refractivity contribution is -0.135.